The fraction of sp³-hybridized carbons (Fsp3) is 0.378. The van der Waals surface area contributed by atoms with Crippen LogP contribution in [0.25, 0.3) is 32.9 Å². The molecule has 2 aromatic heterocycles. The summed E-state index contributed by atoms with van der Waals surface area (Å²) in [5.74, 6) is 2.76. The van der Waals surface area contributed by atoms with Gasteiger partial charge in [-0.1, -0.05) is 18.1 Å². The maximum atomic E-state index is 16.0. The minimum absolute atomic E-state index is 0.0485. The molecule has 10 heteroatoms. The van der Waals surface area contributed by atoms with Crippen LogP contribution in [0.3, 0.4) is 0 Å². The minimum Gasteiger partial charge on any atom is -0.486 e. The number of ether oxygens (including phenoxy) is 3. The number of hydrogen-bond donors (Lipinski definition) is 2. The summed E-state index contributed by atoms with van der Waals surface area (Å²) in [6, 6.07) is 10.8. The Labute approximate surface area is 271 Å². The molecule has 242 valence electrons. The van der Waals surface area contributed by atoms with Crippen LogP contribution in [0.1, 0.15) is 80.4 Å². The number of fused-ring (bicyclic) bond motifs is 2. The quantitative estimate of drug-likeness (QED) is 0.174. The predicted octanol–water partition coefficient (Wildman–Crippen LogP) is 6.67. The number of rotatable bonds is 9. The van der Waals surface area contributed by atoms with Crippen LogP contribution < -0.4 is 15.0 Å². The lowest BCUT2D eigenvalue weighted by atomic mass is 9.89. The highest BCUT2D eigenvalue weighted by molar-refractivity contribution is 6.04. The third-order valence-electron chi connectivity index (χ3n) is 9.24. The van der Waals surface area contributed by atoms with Crippen LogP contribution in [-0.4, -0.2) is 43.7 Å². The van der Waals surface area contributed by atoms with Crippen molar-refractivity contribution in [2.45, 2.75) is 83.8 Å². The molecule has 3 aromatic carbocycles. The molecule has 0 spiro atoms. The van der Waals surface area contributed by atoms with Gasteiger partial charge >= 0.3 is 0 Å². The third kappa shape index (κ3) is 5.86. The normalized spacial score (nSPS) is 17.8. The summed E-state index contributed by atoms with van der Waals surface area (Å²) in [4.78, 5) is 21.1. The molecule has 2 fully saturated rings. The van der Waals surface area contributed by atoms with Crippen molar-refractivity contribution < 1.29 is 23.7 Å². The number of benzene rings is 3. The number of hydrogen-bond acceptors (Lipinski definition) is 7. The fourth-order valence-corrected chi connectivity index (χ4v) is 6.27. The van der Waals surface area contributed by atoms with Crippen molar-refractivity contribution in [2.75, 3.05) is 6.61 Å². The van der Waals surface area contributed by atoms with E-state index in [1.807, 2.05) is 30.3 Å². The van der Waals surface area contributed by atoms with Crippen molar-refractivity contribution in [3.63, 3.8) is 0 Å². The van der Waals surface area contributed by atoms with Crippen molar-refractivity contribution in [3.8, 4) is 35.2 Å². The number of nitrogens with zero attached hydrogens (tertiary/aromatic N) is 3. The molecule has 1 unspecified atom stereocenters. The van der Waals surface area contributed by atoms with E-state index in [1.165, 1.54) is 6.07 Å². The van der Waals surface area contributed by atoms with Gasteiger partial charge in [0.25, 0.3) is 11.6 Å². The van der Waals surface area contributed by atoms with Crippen LogP contribution in [0.2, 0.25) is 0 Å². The van der Waals surface area contributed by atoms with Crippen LogP contribution >= 0.6 is 0 Å². The Balaban J connectivity index is 1.49. The number of H-pyrrole nitrogens is 1. The summed E-state index contributed by atoms with van der Waals surface area (Å²) in [7, 11) is 0. The molecule has 9 nitrogen and oxygen atoms in total. The minimum atomic E-state index is -0.807. The largest absolute Gasteiger partial charge is 0.486 e. The summed E-state index contributed by atoms with van der Waals surface area (Å²) < 4.78 is 36.4. The summed E-state index contributed by atoms with van der Waals surface area (Å²) >= 11 is 0. The lowest BCUT2D eigenvalue weighted by Gasteiger charge is -2.24. The van der Waals surface area contributed by atoms with E-state index in [4.69, 9.17) is 30.7 Å². The molecule has 47 heavy (non-hydrogen) atoms. The number of nitrogens with one attached hydrogen (secondary N) is 1. The van der Waals surface area contributed by atoms with E-state index in [-0.39, 0.29) is 36.1 Å². The Morgan fingerprint density at radius 2 is 1.94 bits per heavy atom. The van der Waals surface area contributed by atoms with E-state index >= 15 is 4.39 Å². The molecule has 5 aromatic rings. The van der Waals surface area contributed by atoms with Gasteiger partial charge in [-0.25, -0.2) is 9.07 Å². The number of terminal acetylenes is 1. The first-order valence-electron chi connectivity index (χ1n) is 16.2. The first-order valence-corrected chi connectivity index (χ1v) is 16.2. The standard InChI is InChI=1S/C37H37FN4O5/c1-5-23-9-11-24(12-10-23)19-46-35-33(32-20(2)29(38)17-30-28(32)18-39-42(30)31-8-6-7-15-45-31)26(25-13-14-25)16-27-34(35)40-37(41-36(27)44)47-22(4)21(3)43/h1,9-12,16-18,21-22,25,31,43H,6-8,13-15,19H2,2-4H3,(H,40,41,44)/t21-,22-,31?/m0/s1. The Morgan fingerprint density at radius 1 is 1.15 bits per heavy atom. The molecule has 1 saturated heterocycles. The second kappa shape index (κ2) is 12.5. The molecule has 2 aliphatic rings. The summed E-state index contributed by atoms with van der Waals surface area (Å²) in [5.41, 5.74) is 4.76. The van der Waals surface area contributed by atoms with E-state index in [0.29, 0.717) is 39.9 Å². The van der Waals surface area contributed by atoms with E-state index in [0.717, 1.165) is 54.2 Å². The van der Waals surface area contributed by atoms with Gasteiger partial charge < -0.3 is 19.3 Å². The zero-order valence-electron chi connectivity index (χ0n) is 26.7. The third-order valence-corrected chi connectivity index (χ3v) is 9.24. The molecule has 1 aliphatic heterocycles. The first-order chi connectivity index (χ1) is 22.7. The average molecular weight is 637 g/mol. The zero-order valence-corrected chi connectivity index (χ0v) is 26.7. The van der Waals surface area contributed by atoms with Crippen LogP contribution in [0.5, 0.6) is 11.8 Å². The van der Waals surface area contributed by atoms with Crippen LogP contribution in [0, 0.1) is 25.1 Å². The molecule has 2 N–H and O–H groups in total. The van der Waals surface area contributed by atoms with Crippen molar-refractivity contribution in [2.24, 2.45) is 0 Å². The van der Waals surface area contributed by atoms with Crippen LogP contribution in [0.4, 0.5) is 4.39 Å². The summed E-state index contributed by atoms with van der Waals surface area (Å²) in [5, 5.41) is 15.9. The van der Waals surface area contributed by atoms with Crippen LogP contribution in [0.15, 0.2) is 47.4 Å². The molecule has 3 heterocycles. The Kier molecular flexibility index (Phi) is 8.20. The van der Waals surface area contributed by atoms with Gasteiger partial charge in [-0.15, -0.1) is 6.42 Å². The monoisotopic (exact) mass is 636 g/mol. The van der Waals surface area contributed by atoms with Gasteiger partial charge in [0.15, 0.2) is 12.0 Å². The van der Waals surface area contributed by atoms with Crippen molar-refractivity contribution in [1.82, 2.24) is 19.7 Å². The molecule has 0 amide bonds. The maximum Gasteiger partial charge on any atom is 0.297 e. The molecular weight excluding hydrogens is 599 g/mol. The molecule has 7 rings (SSSR count). The lowest BCUT2D eigenvalue weighted by molar-refractivity contribution is -0.0366. The Hall–Kier alpha value is -4.72. The number of aromatic amines is 1. The maximum absolute atomic E-state index is 16.0. The first kappa shape index (κ1) is 30.9. The average Bonchev–Trinajstić information content (AvgIpc) is 3.84. The molecular formula is C37H37FN4O5. The highest BCUT2D eigenvalue weighted by Gasteiger charge is 2.33. The second-order valence-corrected chi connectivity index (χ2v) is 12.6. The highest BCUT2D eigenvalue weighted by atomic mass is 19.1. The molecule has 0 bridgehead atoms. The second-order valence-electron chi connectivity index (χ2n) is 12.6. The summed E-state index contributed by atoms with van der Waals surface area (Å²) in [6.45, 7) is 5.81. The smallest absolute Gasteiger partial charge is 0.297 e. The van der Waals surface area contributed by atoms with Gasteiger partial charge in [0, 0.05) is 34.7 Å². The van der Waals surface area contributed by atoms with Gasteiger partial charge in [-0.05, 0) is 93.7 Å². The highest BCUT2D eigenvalue weighted by Crippen LogP contribution is 2.52. The fourth-order valence-electron chi connectivity index (χ4n) is 6.27. The SMILES string of the molecule is C#Cc1ccc(COc2c(-c3c(C)c(F)cc4c3cnn4C3CCCCO3)c(C3CC3)cc3c(=O)[nH]c(O[C@@H](C)[C@H](C)O)nc23)cc1. The molecule has 0 radical (unpaired) electrons. The van der Waals surface area contributed by atoms with E-state index in [1.54, 1.807) is 31.6 Å². The Morgan fingerprint density at radius 3 is 2.62 bits per heavy atom. The summed E-state index contributed by atoms with van der Waals surface area (Å²) in [6.07, 6.45) is 10.2. The van der Waals surface area contributed by atoms with Crippen molar-refractivity contribution in [3.05, 3.63) is 81.0 Å². The number of aliphatic hydroxyl groups is 1. The topological polar surface area (TPSA) is 111 Å². The number of aliphatic hydroxyl groups excluding tert-OH is 1. The van der Waals surface area contributed by atoms with Crippen molar-refractivity contribution in [1.29, 1.82) is 0 Å². The molecule has 3 atom stereocenters. The lowest BCUT2D eigenvalue weighted by Crippen LogP contribution is -2.27. The zero-order chi connectivity index (χ0) is 32.8. The number of aromatic nitrogens is 4. The van der Waals surface area contributed by atoms with Crippen LogP contribution in [-0.2, 0) is 11.3 Å². The van der Waals surface area contributed by atoms with E-state index in [9.17, 15) is 9.90 Å². The van der Waals surface area contributed by atoms with Gasteiger partial charge in [0.1, 0.15) is 24.0 Å². The van der Waals surface area contributed by atoms with Gasteiger partial charge in [0.05, 0.1) is 23.2 Å². The predicted molar refractivity (Wildman–Crippen MR) is 177 cm³/mol. The van der Waals surface area contributed by atoms with Crippen molar-refractivity contribution >= 4 is 21.8 Å². The van der Waals surface area contributed by atoms with E-state index < -0.39 is 17.8 Å². The Bertz CT molecular complexity index is 2070. The van der Waals surface area contributed by atoms with Gasteiger partial charge in [-0.3, -0.25) is 9.78 Å². The van der Waals surface area contributed by atoms with Gasteiger partial charge in [-0.2, -0.15) is 10.1 Å². The molecule has 1 aliphatic carbocycles. The van der Waals surface area contributed by atoms with E-state index in [2.05, 4.69) is 10.9 Å². The molecule has 1 saturated carbocycles. The number of halogens is 1. The van der Waals surface area contributed by atoms with Gasteiger partial charge in [0.2, 0.25) is 0 Å².